The molecule has 3 aromatic carbocycles. The summed E-state index contributed by atoms with van der Waals surface area (Å²) in [5.41, 5.74) is 8.09. The van der Waals surface area contributed by atoms with E-state index in [4.69, 9.17) is 4.74 Å². The Morgan fingerprint density at radius 2 is 1.69 bits per heavy atom. The fourth-order valence-electron chi connectivity index (χ4n) is 4.69. The van der Waals surface area contributed by atoms with Crippen LogP contribution in [0.3, 0.4) is 0 Å². The Morgan fingerprint density at radius 3 is 2.47 bits per heavy atom. The van der Waals surface area contributed by atoms with E-state index in [1.165, 1.54) is 11.1 Å². The summed E-state index contributed by atoms with van der Waals surface area (Å²) in [7, 11) is 0. The van der Waals surface area contributed by atoms with Crippen molar-refractivity contribution in [3.8, 4) is 5.75 Å². The van der Waals surface area contributed by atoms with Gasteiger partial charge in [-0.2, -0.15) is 10.1 Å². The molecule has 0 spiro atoms. The molecule has 2 aliphatic heterocycles. The van der Waals surface area contributed by atoms with Crippen molar-refractivity contribution < 1.29 is 4.74 Å². The van der Waals surface area contributed by atoms with E-state index in [0.717, 1.165) is 46.1 Å². The summed E-state index contributed by atoms with van der Waals surface area (Å²) in [5.74, 6) is 1.62. The molecule has 0 saturated heterocycles. The van der Waals surface area contributed by atoms with E-state index in [1.807, 2.05) is 22.9 Å². The lowest BCUT2D eigenvalue weighted by Gasteiger charge is -2.39. The first kappa shape index (κ1) is 18.9. The molecule has 0 unspecified atom stereocenters. The van der Waals surface area contributed by atoms with E-state index in [-0.39, 0.29) is 12.1 Å². The fraction of sp³-hybridized carbons (Fsp3) is 0.185. The van der Waals surface area contributed by atoms with Gasteiger partial charge in [0.05, 0.1) is 5.70 Å². The van der Waals surface area contributed by atoms with Crippen molar-refractivity contribution >= 4 is 11.6 Å². The van der Waals surface area contributed by atoms with Crippen molar-refractivity contribution in [1.82, 2.24) is 14.8 Å². The molecule has 1 N–H and O–H groups in total. The Bertz CT molecular complexity index is 1320. The van der Waals surface area contributed by atoms with Gasteiger partial charge >= 0.3 is 0 Å². The van der Waals surface area contributed by atoms with Crippen LogP contribution in [0.25, 0.3) is 5.70 Å². The van der Waals surface area contributed by atoms with Gasteiger partial charge in [0, 0.05) is 11.1 Å². The van der Waals surface area contributed by atoms with Gasteiger partial charge in [-0.25, -0.2) is 4.68 Å². The molecular formula is C27H24N4O. The molecule has 0 aliphatic carbocycles. The maximum atomic E-state index is 6.67. The minimum absolute atomic E-state index is 0.117. The van der Waals surface area contributed by atoms with E-state index < -0.39 is 0 Å². The van der Waals surface area contributed by atoms with Crippen molar-refractivity contribution in [2.24, 2.45) is 0 Å². The molecule has 4 aromatic rings. The topological polar surface area (TPSA) is 52.0 Å². The molecule has 3 heterocycles. The van der Waals surface area contributed by atoms with E-state index in [2.05, 4.69) is 83.8 Å². The molecule has 6 rings (SSSR count). The van der Waals surface area contributed by atoms with Crippen molar-refractivity contribution in [3.05, 3.63) is 113 Å². The third-order valence-corrected chi connectivity index (χ3v) is 6.41. The summed E-state index contributed by atoms with van der Waals surface area (Å²) in [5, 5.41) is 8.15. The first-order valence-electron chi connectivity index (χ1n) is 11.0. The SMILES string of the molecule is CCc1ccc([C@H]2Oc3ccccc3C3=C2[C@H](c2ccc(C)cc2)n2ncnc2N3)cc1. The van der Waals surface area contributed by atoms with Crippen LogP contribution in [0.1, 0.15) is 46.9 Å². The lowest BCUT2D eigenvalue weighted by atomic mass is 9.84. The predicted molar refractivity (Wildman–Crippen MR) is 126 cm³/mol. The molecule has 0 saturated carbocycles. The van der Waals surface area contributed by atoms with Crippen LogP contribution in [0.5, 0.6) is 5.75 Å². The fourth-order valence-corrected chi connectivity index (χ4v) is 4.69. The molecule has 0 fully saturated rings. The Balaban J connectivity index is 1.60. The summed E-state index contributed by atoms with van der Waals surface area (Å²) >= 11 is 0. The van der Waals surface area contributed by atoms with E-state index in [1.54, 1.807) is 6.33 Å². The maximum Gasteiger partial charge on any atom is 0.226 e. The number of fused-ring (bicyclic) bond motifs is 3. The van der Waals surface area contributed by atoms with Crippen LogP contribution in [0.2, 0.25) is 0 Å². The Hall–Kier alpha value is -3.86. The normalized spacial score (nSPS) is 18.8. The predicted octanol–water partition coefficient (Wildman–Crippen LogP) is 5.71. The molecule has 0 bridgehead atoms. The molecule has 0 amide bonds. The average molecular weight is 421 g/mol. The molecule has 5 nitrogen and oxygen atoms in total. The van der Waals surface area contributed by atoms with Crippen molar-refractivity contribution in [2.45, 2.75) is 32.4 Å². The van der Waals surface area contributed by atoms with Crippen LogP contribution < -0.4 is 10.1 Å². The number of rotatable bonds is 3. The van der Waals surface area contributed by atoms with Crippen LogP contribution in [-0.2, 0) is 6.42 Å². The number of aromatic nitrogens is 3. The lowest BCUT2D eigenvalue weighted by Crippen LogP contribution is -2.32. The zero-order chi connectivity index (χ0) is 21.7. The number of nitrogens with one attached hydrogen (secondary N) is 1. The van der Waals surface area contributed by atoms with E-state index in [9.17, 15) is 0 Å². The second-order valence-electron chi connectivity index (χ2n) is 8.39. The number of para-hydroxylation sites is 1. The average Bonchev–Trinajstić information content (AvgIpc) is 3.31. The van der Waals surface area contributed by atoms with Gasteiger partial charge in [0.2, 0.25) is 5.95 Å². The first-order chi connectivity index (χ1) is 15.7. The smallest absolute Gasteiger partial charge is 0.226 e. The number of nitrogens with zero attached hydrogens (tertiary/aromatic N) is 3. The number of aryl methyl sites for hydroxylation is 2. The molecule has 1 aromatic heterocycles. The van der Waals surface area contributed by atoms with E-state index >= 15 is 0 Å². The van der Waals surface area contributed by atoms with Crippen molar-refractivity contribution in [2.75, 3.05) is 5.32 Å². The van der Waals surface area contributed by atoms with Crippen LogP contribution >= 0.6 is 0 Å². The number of hydrogen-bond acceptors (Lipinski definition) is 4. The highest BCUT2D eigenvalue weighted by Crippen LogP contribution is 2.50. The Labute approximate surface area is 187 Å². The van der Waals surface area contributed by atoms with Gasteiger partial charge in [-0.05, 0) is 42.2 Å². The quantitative estimate of drug-likeness (QED) is 0.461. The molecule has 0 radical (unpaired) electrons. The highest BCUT2D eigenvalue weighted by molar-refractivity contribution is 5.85. The Morgan fingerprint density at radius 1 is 0.938 bits per heavy atom. The van der Waals surface area contributed by atoms with Crippen LogP contribution in [0, 0.1) is 6.92 Å². The highest BCUT2D eigenvalue weighted by Gasteiger charge is 2.40. The molecular weight excluding hydrogens is 396 g/mol. The third kappa shape index (κ3) is 2.93. The number of anilines is 1. The standard InChI is InChI=1S/C27H24N4O/c1-3-18-10-14-20(15-11-18)26-23-24(21-6-4-5-7-22(21)32-26)30-27-28-16-29-31(27)25(23)19-12-8-17(2)9-13-19/h4-16,25-26H,3H2,1-2H3,(H,28,29,30)/t25-,26+/m0/s1. The van der Waals surface area contributed by atoms with Crippen LogP contribution in [0.4, 0.5) is 5.95 Å². The molecule has 5 heteroatoms. The lowest BCUT2D eigenvalue weighted by molar-refractivity contribution is 0.223. The first-order valence-corrected chi connectivity index (χ1v) is 11.0. The largest absolute Gasteiger partial charge is 0.480 e. The highest BCUT2D eigenvalue weighted by atomic mass is 16.5. The summed E-state index contributed by atoms with van der Waals surface area (Å²) in [6.07, 6.45) is 2.39. The molecule has 32 heavy (non-hydrogen) atoms. The van der Waals surface area contributed by atoms with Crippen molar-refractivity contribution in [3.63, 3.8) is 0 Å². The van der Waals surface area contributed by atoms with Crippen LogP contribution in [-0.4, -0.2) is 14.8 Å². The number of ether oxygens (including phenoxy) is 1. The van der Waals surface area contributed by atoms with Gasteiger partial charge in [0.25, 0.3) is 0 Å². The summed E-state index contributed by atoms with van der Waals surface area (Å²) < 4.78 is 8.64. The summed E-state index contributed by atoms with van der Waals surface area (Å²) in [4.78, 5) is 4.50. The second kappa shape index (κ2) is 7.38. The molecule has 2 aliphatic rings. The summed E-state index contributed by atoms with van der Waals surface area (Å²) in [6.45, 7) is 4.28. The molecule has 2 atom stereocenters. The number of hydrogen-bond donors (Lipinski definition) is 1. The van der Waals surface area contributed by atoms with Crippen LogP contribution in [0.15, 0.2) is 84.7 Å². The van der Waals surface area contributed by atoms with Gasteiger partial charge in [0.1, 0.15) is 24.2 Å². The van der Waals surface area contributed by atoms with Gasteiger partial charge < -0.3 is 10.1 Å². The minimum atomic E-state index is -0.234. The molecule has 158 valence electrons. The van der Waals surface area contributed by atoms with E-state index in [0.29, 0.717) is 0 Å². The van der Waals surface area contributed by atoms with Gasteiger partial charge in [-0.1, -0.05) is 73.2 Å². The van der Waals surface area contributed by atoms with Gasteiger partial charge in [0.15, 0.2) is 0 Å². The maximum absolute atomic E-state index is 6.67. The summed E-state index contributed by atoms with van der Waals surface area (Å²) in [6, 6.07) is 25.5. The Kier molecular flexibility index (Phi) is 4.35. The zero-order valence-electron chi connectivity index (χ0n) is 18.1. The minimum Gasteiger partial charge on any atom is -0.480 e. The van der Waals surface area contributed by atoms with Gasteiger partial charge in [-0.15, -0.1) is 0 Å². The third-order valence-electron chi connectivity index (χ3n) is 6.41. The monoisotopic (exact) mass is 420 g/mol. The second-order valence-corrected chi connectivity index (χ2v) is 8.39. The number of benzene rings is 3. The zero-order valence-corrected chi connectivity index (χ0v) is 18.1. The van der Waals surface area contributed by atoms with Crippen molar-refractivity contribution in [1.29, 1.82) is 0 Å². The van der Waals surface area contributed by atoms with Gasteiger partial charge in [-0.3, -0.25) is 0 Å².